The highest BCUT2D eigenvalue weighted by Crippen LogP contribution is 2.39. The molecule has 0 aliphatic heterocycles. The number of carbonyl (C=O) groups excluding carboxylic acids is 1. The predicted octanol–water partition coefficient (Wildman–Crippen LogP) is 2.39. The highest BCUT2D eigenvalue weighted by molar-refractivity contribution is 7.99. The maximum absolute atomic E-state index is 12.2. The lowest BCUT2D eigenvalue weighted by Crippen LogP contribution is -2.47. The number of ether oxygens (including phenoxy) is 1. The summed E-state index contributed by atoms with van der Waals surface area (Å²) in [6, 6.07) is 9.79. The molecular weight excluding hydrogens is 350 g/mol. The van der Waals surface area contributed by atoms with E-state index in [2.05, 4.69) is 21.6 Å². The van der Waals surface area contributed by atoms with Crippen LogP contribution in [-0.4, -0.2) is 39.1 Å². The number of methoxy groups -OCH3 is 1. The van der Waals surface area contributed by atoms with Gasteiger partial charge in [0.05, 0.1) is 18.9 Å². The minimum absolute atomic E-state index is 0.167. The average molecular weight is 371 g/mol. The molecule has 1 heterocycles. The molecule has 3 rings (SSSR count). The summed E-state index contributed by atoms with van der Waals surface area (Å²) >= 11 is 1.30. The molecule has 1 N–H and O–H groups in total. The molecule has 0 radical (unpaired) electrons. The van der Waals surface area contributed by atoms with E-state index < -0.39 is 5.54 Å². The molecule has 1 amide bonds. The first-order chi connectivity index (χ1) is 12.5. The number of nitrogens with one attached hydrogen (secondary N) is 1. The second-order valence-corrected chi connectivity index (χ2v) is 7.46. The van der Waals surface area contributed by atoms with E-state index in [1.807, 2.05) is 35.9 Å². The Morgan fingerprint density at radius 3 is 2.69 bits per heavy atom. The van der Waals surface area contributed by atoms with E-state index in [1.165, 1.54) is 11.8 Å². The Kier molecular flexibility index (Phi) is 5.18. The van der Waals surface area contributed by atoms with Crippen molar-refractivity contribution in [2.45, 2.75) is 30.5 Å². The number of carbonyl (C=O) groups is 1. The van der Waals surface area contributed by atoms with Gasteiger partial charge in [-0.05, 0) is 49.9 Å². The molecule has 1 saturated carbocycles. The number of amides is 1. The highest BCUT2D eigenvalue weighted by Gasteiger charge is 2.42. The van der Waals surface area contributed by atoms with Crippen LogP contribution in [0.1, 0.15) is 19.8 Å². The Balaban J connectivity index is 1.63. The molecule has 2 aromatic rings. The van der Waals surface area contributed by atoms with Gasteiger partial charge in [0.1, 0.15) is 11.3 Å². The molecular formula is C18H21N5O2S. The normalized spacial score (nSPS) is 15.8. The number of aromatic nitrogens is 3. The van der Waals surface area contributed by atoms with Gasteiger partial charge < -0.3 is 14.6 Å². The van der Waals surface area contributed by atoms with E-state index in [0.29, 0.717) is 5.16 Å². The van der Waals surface area contributed by atoms with Gasteiger partial charge in [-0.1, -0.05) is 11.8 Å². The first kappa shape index (κ1) is 18.3. The zero-order chi connectivity index (χ0) is 18.7. The number of hydrogen-bond acceptors (Lipinski definition) is 6. The van der Waals surface area contributed by atoms with Crippen molar-refractivity contribution in [3.05, 3.63) is 24.3 Å². The molecule has 0 bridgehead atoms. The second-order valence-electron chi connectivity index (χ2n) is 6.52. The molecule has 26 heavy (non-hydrogen) atoms. The third-order valence-electron chi connectivity index (χ3n) is 4.54. The van der Waals surface area contributed by atoms with E-state index in [1.54, 1.807) is 14.0 Å². The monoisotopic (exact) mass is 371 g/mol. The number of benzene rings is 1. The van der Waals surface area contributed by atoms with Gasteiger partial charge in [-0.3, -0.25) is 4.79 Å². The topological polar surface area (TPSA) is 92.8 Å². The van der Waals surface area contributed by atoms with Gasteiger partial charge in [-0.15, -0.1) is 10.2 Å². The highest BCUT2D eigenvalue weighted by atomic mass is 32.2. The molecule has 136 valence electrons. The van der Waals surface area contributed by atoms with Crippen molar-refractivity contribution in [3.8, 4) is 23.2 Å². The van der Waals surface area contributed by atoms with Crippen molar-refractivity contribution in [2.24, 2.45) is 13.0 Å². The lowest BCUT2D eigenvalue weighted by molar-refractivity contribution is -0.119. The Bertz CT molecular complexity index is 838. The number of hydrogen-bond donors (Lipinski definition) is 1. The van der Waals surface area contributed by atoms with Crippen LogP contribution in [0.5, 0.6) is 5.75 Å². The summed E-state index contributed by atoms with van der Waals surface area (Å²) in [5, 5.41) is 21.2. The van der Waals surface area contributed by atoms with Crippen LogP contribution in [0.3, 0.4) is 0 Å². The van der Waals surface area contributed by atoms with Gasteiger partial charge in [0, 0.05) is 12.6 Å². The van der Waals surface area contributed by atoms with Gasteiger partial charge in [0.15, 0.2) is 11.0 Å². The van der Waals surface area contributed by atoms with Crippen molar-refractivity contribution >= 4 is 17.7 Å². The number of rotatable bonds is 7. The van der Waals surface area contributed by atoms with Crippen molar-refractivity contribution in [2.75, 3.05) is 12.9 Å². The van der Waals surface area contributed by atoms with E-state index >= 15 is 0 Å². The molecule has 8 heteroatoms. The lowest BCUT2D eigenvalue weighted by Gasteiger charge is -2.22. The average Bonchev–Trinajstić information content (AvgIpc) is 3.45. The van der Waals surface area contributed by atoms with Gasteiger partial charge in [-0.2, -0.15) is 5.26 Å². The van der Waals surface area contributed by atoms with Crippen molar-refractivity contribution in [1.29, 1.82) is 5.26 Å². The Morgan fingerprint density at radius 2 is 2.12 bits per heavy atom. The van der Waals surface area contributed by atoms with Crippen LogP contribution in [-0.2, 0) is 11.8 Å². The Morgan fingerprint density at radius 1 is 1.42 bits per heavy atom. The van der Waals surface area contributed by atoms with Crippen LogP contribution in [0.2, 0.25) is 0 Å². The molecule has 1 atom stereocenters. The summed E-state index contributed by atoms with van der Waals surface area (Å²) in [6.07, 6.45) is 1.98. The van der Waals surface area contributed by atoms with E-state index in [0.717, 1.165) is 30.0 Å². The summed E-state index contributed by atoms with van der Waals surface area (Å²) in [6.45, 7) is 1.79. The Labute approximate surface area is 156 Å². The van der Waals surface area contributed by atoms with Crippen molar-refractivity contribution in [1.82, 2.24) is 20.1 Å². The van der Waals surface area contributed by atoms with E-state index in [9.17, 15) is 10.1 Å². The SMILES string of the molecule is COc1ccc(-c2nnc(SCC(=O)N[C@@](C)(C#N)C3CC3)n2C)cc1. The van der Waals surface area contributed by atoms with Crippen molar-refractivity contribution < 1.29 is 9.53 Å². The standard InChI is InChI=1S/C18H21N5O2S/c1-18(11-19,13-6-7-13)20-15(24)10-26-17-22-21-16(23(17)2)12-4-8-14(25-3)9-5-12/h4-5,8-9,13H,6-7,10H2,1-3H3,(H,20,24)/t18-/m0/s1. The van der Waals surface area contributed by atoms with Gasteiger partial charge in [0.25, 0.3) is 0 Å². The lowest BCUT2D eigenvalue weighted by atomic mass is 9.98. The molecule has 1 aromatic heterocycles. The number of nitrogens with zero attached hydrogens (tertiary/aromatic N) is 4. The van der Waals surface area contributed by atoms with Gasteiger partial charge in [0.2, 0.25) is 5.91 Å². The maximum atomic E-state index is 12.2. The summed E-state index contributed by atoms with van der Waals surface area (Å²) < 4.78 is 7.01. The van der Waals surface area contributed by atoms with Crippen LogP contribution < -0.4 is 10.1 Å². The first-order valence-electron chi connectivity index (χ1n) is 8.35. The van der Waals surface area contributed by atoms with Crippen molar-refractivity contribution in [3.63, 3.8) is 0 Å². The summed E-state index contributed by atoms with van der Waals surface area (Å²) in [4.78, 5) is 12.2. The largest absolute Gasteiger partial charge is 0.497 e. The zero-order valence-electron chi connectivity index (χ0n) is 15.0. The maximum Gasteiger partial charge on any atom is 0.231 e. The van der Waals surface area contributed by atoms with Crippen LogP contribution in [0.25, 0.3) is 11.4 Å². The minimum atomic E-state index is -0.772. The summed E-state index contributed by atoms with van der Waals surface area (Å²) in [5.74, 6) is 1.78. The number of nitriles is 1. The van der Waals surface area contributed by atoms with Crippen LogP contribution >= 0.6 is 11.8 Å². The molecule has 0 unspecified atom stereocenters. The second kappa shape index (κ2) is 7.38. The van der Waals surface area contributed by atoms with Crippen LogP contribution in [0.15, 0.2) is 29.4 Å². The molecule has 1 aliphatic rings. The fourth-order valence-electron chi connectivity index (χ4n) is 2.77. The fraction of sp³-hybridized carbons (Fsp3) is 0.444. The molecule has 1 aliphatic carbocycles. The summed E-state index contributed by atoms with van der Waals surface area (Å²) in [5.41, 5.74) is 0.147. The van der Waals surface area contributed by atoms with Gasteiger partial charge >= 0.3 is 0 Å². The molecule has 0 saturated heterocycles. The first-order valence-corrected chi connectivity index (χ1v) is 9.34. The van der Waals surface area contributed by atoms with Crippen LogP contribution in [0.4, 0.5) is 0 Å². The van der Waals surface area contributed by atoms with Crippen LogP contribution in [0, 0.1) is 17.2 Å². The minimum Gasteiger partial charge on any atom is -0.497 e. The van der Waals surface area contributed by atoms with Gasteiger partial charge in [-0.25, -0.2) is 0 Å². The Hall–Kier alpha value is -2.53. The smallest absolute Gasteiger partial charge is 0.231 e. The number of thioether (sulfide) groups is 1. The third kappa shape index (κ3) is 3.83. The predicted molar refractivity (Wildman–Crippen MR) is 98.6 cm³/mol. The van der Waals surface area contributed by atoms with E-state index in [4.69, 9.17) is 4.74 Å². The quantitative estimate of drug-likeness (QED) is 0.751. The van der Waals surface area contributed by atoms with E-state index in [-0.39, 0.29) is 17.6 Å². The third-order valence-corrected chi connectivity index (χ3v) is 5.56. The molecule has 1 fully saturated rings. The molecule has 1 aromatic carbocycles. The zero-order valence-corrected chi connectivity index (χ0v) is 15.8. The molecule has 0 spiro atoms. The summed E-state index contributed by atoms with van der Waals surface area (Å²) in [7, 11) is 3.49. The fourth-order valence-corrected chi connectivity index (χ4v) is 3.48. The molecule has 7 nitrogen and oxygen atoms in total.